The van der Waals surface area contributed by atoms with Crippen LogP contribution in [-0.4, -0.2) is 101 Å². The number of benzene rings is 1. The summed E-state index contributed by atoms with van der Waals surface area (Å²) in [5.41, 5.74) is -1.48. The number of amides is 1. The number of aliphatic hydroxyl groups is 3. The number of rotatable bonds is 14. The summed E-state index contributed by atoms with van der Waals surface area (Å²) in [6.45, 7) is 1.94. The number of nitrogens with zero attached hydrogens (tertiary/aromatic N) is 4. The first-order valence-corrected chi connectivity index (χ1v) is 14.8. The normalized spacial score (nSPS) is 18.1. The molecule has 0 aliphatic carbocycles. The Morgan fingerprint density at radius 3 is 2.26 bits per heavy atom. The zero-order valence-corrected chi connectivity index (χ0v) is 24.4. The number of ether oxygens (including phenoxy) is 1. The molecule has 2 aromatic rings. The summed E-state index contributed by atoms with van der Waals surface area (Å²) in [4.78, 5) is 25.0. The third kappa shape index (κ3) is 8.47. The topological polar surface area (TPSA) is 131 Å². The molecule has 0 radical (unpaired) electrons. The Kier molecular flexibility index (Phi) is 11.7. The van der Waals surface area contributed by atoms with Crippen molar-refractivity contribution in [2.24, 2.45) is 11.8 Å². The average Bonchev–Trinajstić information content (AvgIpc) is 3.48. The molecule has 0 spiro atoms. The lowest BCUT2D eigenvalue weighted by Gasteiger charge is -2.31. The van der Waals surface area contributed by atoms with Crippen molar-refractivity contribution >= 4 is 23.5 Å². The number of likely N-dealkylation sites (tertiary alicyclic amines) is 1. The first kappa shape index (κ1) is 32.3. The summed E-state index contributed by atoms with van der Waals surface area (Å²) in [5.74, 6) is -0.675. The number of aromatic nitrogens is 2. The van der Waals surface area contributed by atoms with Crippen LogP contribution in [0.25, 0.3) is 0 Å². The van der Waals surface area contributed by atoms with Crippen LogP contribution in [0.1, 0.15) is 37.7 Å². The quantitative estimate of drug-likeness (QED) is 0.237. The van der Waals surface area contributed by atoms with Gasteiger partial charge in [0.1, 0.15) is 17.4 Å². The molecule has 4 N–H and O–H groups in total. The summed E-state index contributed by atoms with van der Waals surface area (Å²) < 4.78 is 35.3. The number of carbonyl (C=O) groups is 1. The van der Waals surface area contributed by atoms with Crippen LogP contribution in [-0.2, 0) is 11.2 Å². The summed E-state index contributed by atoms with van der Waals surface area (Å²) in [5, 5.41) is 31.8. The van der Waals surface area contributed by atoms with Gasteiger partial charge in [-0.15, -0.1) is 0 Å². The van der Waals surface area contributed by atoms with E-state index in [0.29, 0.717) is 49.6 Å². The van der Waals surface area contributed by atoms with E-state index in [1.807, 2.05) is 0 Å². The number of anilines is 1. The third-order valence-electron chi connectivity index (χ3n) is 8.28. The molecular formula is C29H40ClF2N5O5. The molecule has 2 saturated heterocycles. The minimum Gasteiger partial charge on any atom is -0.493 e. The Bertz CT molecular complexity index is 1130. The molecule has 1 aromatic heterocycles. The molecule has 0 unspecified atom stereocenters. The Labute approximate surface area is 249 Å². The minimum absolute atomic E-state index is 0.0217. The average molecular weight is 612 g/mol. The van der Waals surface area contributed by atoms with Crippen molar-refractivity contribution in [1.29, 1.82) is 0 Å². The number of piperidine rings is 1. The Balaban J connectivity index is 1.18. The number of nitrogens with one attached hydrogen (secondary N) is 1. The molecule has 1 atom stereocenters. The first-order chi connectivity index (χ1) is 20.3. The molecule has 4 rings (SSSR count). The van der Waals surface area contributed by atoms with E-state index in [1.54, 1.807) is 17.3 Å². The van der Waals surface area contributed by atoms with E-state index in [1.165, 1.54) is 0 Å². The fourth-order valence-electron chi connectivity index (χ4n) is 5.45. The Morgan fingerprint density at radius 1 is 1.02 bits per heavy atom. The molecular weight excluding hydrogens is 572 g/mol. The van der Waals surface area contributed by atoms with Gasteiger partial charge in [-0.05, 0) is 43.9 Å². The van der Waals surface area contributed by atoms with Crippen LogP contribution >= 0.6 is 11.6 Å². The van der Waals surface area contributed by atoms with Crippen LogP contribution in [0.3, 0.4) is 0 Å². The Morgan fingerprint density at radius 2 is 1.64 bits per heavy atom. The molecule has 0 bridgehead atoms. The number of carbonyl (C=O) groups excluding carboxylic acids is 1. The number of halogens is 3. The van der Waals surface area contributed by atoms with Crippen molar-refractivity contribution in [2.75, 3.05) is 64.1 Å². The van der Waals surface area contributed by atoms with Gasteiger partial charge in [0.25, 0.3) is 0 Å². The molecule has 0 saturated carbocycles. The lowest BCUT2D eigenvalue weighted by molar-refractivity contribution is -0.129. The number of hydrogen-bond donors (Lipinski definition) is 4. The number of hydrogen-bond acceptors (Lipinski definition) is 9. The fraction of sp³-hybridized carbons (Fsp3) is 0.621. The highest BCUT2D eigenvalue weighted by Gasteiger charge is 2.32. The SMILES string of the molecule is O=C(Cc1c(F)cc(OCCCC2CCN(c3ncc(Cl)cn3)CC2)cc1F)N1CC[C@@H](CNC(CO)(CO)CO)C1. The van der Waals surface area contributed by atoms with E-state index in [-0.39, 0.29) is 23.1 Å². The van der Waals surface area contributed by atoms with Gasteiger partial charge >= 0.3 is 0 Å². The van der Waals surface area contributed by atoms with Crippen LogP contribution in [0.15, 0.2) is 24.5 Å². The molecule has 2 fully saturated rings. The van der Waals surface area contributed by atoms with E-state index < -0.39 is 43.4 Å². The predicted molar refractivity (Wildman–Crippen MR) is 153 cm³/mol. The Hall–Kier alpha value is -2.64. The van der Waals surface area contributed by atoms with Crippen molar-refractivity contribution in [3.05, 3.63) is 46.7 Å². The largest absolute Gasteiger partial charge is 0.493 e. The van der Waals surface area contributed by atoms with Crippen molar-refractivity contribution in [2.45, 2.75) is 44.1 Å². The van der Waals surface area contributed by atoms with E-state index in [4.69, 9.17) is 16.3 Å². The van der Waals surface area contributed by atoms with Gasteiger partial charge < -0.3 is 35.2 Å². The highest BCUT2D eigenvalue weighted by Crippen LogP contribution is 2.26. The van der Waals surface area contributed by atoms with Crippen LogP contribution < -0.4 is 15.0 Å². The molecule has 1 aromatic carbocycles. The summed E-state index contributed by atoms with van der Waals surface area (Å²) in [6, 6.07) is 2.26. The van der Waals surface area contributed by atoms with Crippen LogP contribution in [0.4, 0.5) is 14.7 Å². The van der Waals surface area contributed by atoms with E-state index >= 15 is 0 Å². The second-order valence-electron chi connectivity index (χ2n) is 11.3. The molecule has 2 aliphatic rings. The zero-order chi connectivity index (χ0) is 30.1. The smallest absolute Gasteiger partial charge is 0.227 e. The van der Waals surface area contributed by atoms with Crippen LogP contribution in [0.2, 0.25) is 5.02 Å². The maximum atomic E-state index is 14.8. The fourth-order valence-corrected chi connectivity index (χ4v) is 5.55. The first-order valence-electron chi connectivity index (χ1n) is 14.4. The van der Waals surface area contributed by atoms with Gasteiger partial charge in [-0.2, -0.15) is 0 Å². The van der Waals surface area contributed by atoms with Crippen LogP contribution in [0, 0.1) is 23.5 Å². The molecule has 1 amide bonds. The van der Waals surface area contributed by atoms with Gasteiger partial charge in [-0.25, -0.2) is 18.7 Å². The maximum Gasteiger partial charge on any atom is 0.227 e. The molecule has 42 heavy (non-hydrogen) atoms. The van der Waals surface area contributed by atoms with Gasteiger partial charge in [-0.1, -0.05) is 11.6 Å². The van der Waals surface area contributed by atoms with Crippen molar-refractivity contribution in [1.82, 2.24) is 20.2 Å². The highest BCUT2D eigenvalue weighted by atomic mass is 35.5. The van der Waals surface area contributed by atoms with Gasteiger partial charge in [0, 0.05) is 50.4 Å². The van der Waals surface area contributed by atoms with Gasteiger partial charge in [0.15, 0.2) is 0 Å². The second-order valence-corrected chi connectivity index (χ2v) is 11.7. The molecule has 3 heterocycles. The van der Waals surface area contributed by atoms with E-state index in [0.717, 1.165) is 50.9 Å². The van der Waals surface area contributed by atoms with Gasteiger partial charge in [0.05, 0.1) is 55.8 Å². The lowest BCUT2D eigenvalue weighted by atomic mass is 9.92. The maximum absolute atomic E-state index is 14.8. The van der Waals surface area contributed by atoms with E-state index in [9.17, 15) is 28.9 Å². The van der Waals surface area contributed by atoms with Crippen molar-refractivity contribution in [3.8, 4) is 5.75 Å². The number of aliphatic hydroxyl groups excluding tert-OH is 3. The summed E-state index contributed by atoms with van der Waals surface area (Å²) >= 11 is 5.86. The van der Waals surface area contributed by atoms with Crippen LogP contribution in [0.5, 0.6) is 5.75 Å². The second kappa shape index (κ2) is 15.2. The molecule has 10 nitrogen and oxygen atoms in total. The van der Waals surface area contributed by atoms with Crippen molar-refractivity contribution in [3.63, 3.8) is 0 Å². The van der Waals surface area contributed by atoms with Gasteiger partial charge in [0.2, 0.25) is 11.9 Å². The monoisotopic (exact) mass is 611 g/mol. The molecule has 2 aliphatic heterocycles. The third-order valence-corrected chi connectivity index (χ3v) is 8.48. The van der Waals surface area contributed by atoms with Gasteiger partial charge in [-0.3, -0.25) is 4.79 Å². The summed E-state index contributed by atoms with van der Waals surface area (Å²) in [6.07, 6.45) is 7.15. The molecule has 232 valence electrons. The van der Waals surface area contributed by atoms with E-state index in [2.05, 4.69) is 20.2 Å². The minimum atomic E-state index is -1.19. The highest BCUT2D eigenvalue weighted by molar-refractivity contribution is 6.30. The zero-order valence-electron chi connectivity index (χ0n) is 23.7. The molecule has 13 heteroatoms. The predicted octanol–water partition coefficient (Wildman–Crippen LogP) is 2.18. The standard InChI is InChI=1S/C29H40ClF2N5O5/c30-22-14-33-28(34-15-22)36-6-3-20(4-7-36)2-1-9-42-23-10-25(31)24(26(32)11-23)12-27(41)37-8-5-21(16-37)13-35-29(17-38,18-39)19-40/h10-11,14-15,20-21,35,38-40H,1-9,12-13,16-19H2/t21-/m0/s1. The lowest BCUT2D eigenvalue weighted by Crippen LogP contribution is -2.56. The summed E-state index contributed by atoms with van der Waals surface area (Å²) in [7, 11) is 0. The van der Waals surface area contributed by atoms with Crippen molar-refractivity contribution < 1.29 is 33.6 Å².